The summed E-state index contributed by atoms with van der Waals surface area (Å²) in [6.07, 6.45) is 0. The number of carbonyl (C=O) groups is 2. The number of aliphatic hydroxyl groups is 2. The van der Waals surface area contributed by atoms with E-state index in [1.54, 1.807) is 0 Å². The first-order valence-corrected chi connectivity index (χ1v) is 5.20. The van der Waals surface area contributed by atoms with Crippen LogP contribution in [0.2, 0.25) is 0 Å². The maximum absolute atomic E-state index is 10.5. The maximum Gasteiger partial charge on any atom is 0.214 e. The van der Waals surface area contributed by atoms with Crippen LogP contribution >= 0.6 is 23.5 Å². The normalized spacial score (nSPS) is 9.83. The molecule has 70 valence electrons. The molecule has 0 heterocycles. The molecule has 0 spiro atoms. The summed E-state index contributed by atoms with van der Waals surface area (Å²) in [7, 11) is 0. The minimum atomic E-state index is -0.469. The predicted octanol–water partition coefficient (Wildman–Crippen LogP) is -0.509. The molecule has 0 atom stereocenters. The van der Waals surface area contributed by atoms with E-state index in [9.17, 15) is 9.59 Å². The molecule has 4 nitrogen and oxygen atoms in total. The Balaban J connectivity index is 3.21. The van der Waals surface area contributed by atoms with Crippen molar-refractivity contribution in [2.45, 2.75) is 0 Å². The Labute approximate surface area is 78.7 Å². The molecule has 12 heavy (non-hydrogen) atoms. The zero-order valence-electron chi connectivity index (χ0n) is 6.36. The molecule has 6 heteroatoms. The molecule has 0 radical (unpaired) electrons. The number of hydrogen-bond donors (Lipinski definition) is 2. The van der Waals surface area contributed by atoms with Crippen LogP contribution in [0.4, 0.5) is 0 Å². The molecule has 0 saturated carbocycles. The summed E-state index contributed by atoms with van der Waals surface area (Å²) < 4.78 is 0. The van der Waals surface area contributed by atoms with E-state index in [-0.39, 0.29) is 10.2 Å². The SMILES string of the molecule is O=C(CO)SCCSC(=O)CO. The van der Waals surface area contributed by atoms with Gasteiger partial charge in [-0.15, -0.1) is 0 Å². The fraction of sp³-hybridized carbons (Fsp3) is 0.667. The van der Waals surface area contributed by atoms with Gasteiger partial charge in [-0.25, -0.2) is 0 Å². The number of hydrogen-bond acceptors (Lipinski definition) is 6. The summed E-state index contributed by atoms with van der Waals surface area (Å²) in [5.74, 6) is 0.964. The lowest BCUT2D eigenvalue weighted by Crippen LogP contribution is -2.03. The summed E-state index contributed by atoms with van der Waals surface area (Å²) in [5, 5.41) is 16.0. The highest BCUT2D eigenvalue weighted by molar-refractivity contribution is 8.16. The number of carbonyl (C=O) groups excluding carboxylic acids is 2. The van der Waals surface area contributed by atoms with E-state index < -0.39 is 13.2 Å². The average Bonchev–Trinajstić information content (AvgIpc) is 2.11. The van der Waals surface area contributed by atoms with Gasteiger partial charge >= 0.3 is 0 Å². The quantitative estimate of drug-likeness (QED) is 0.595. The fourth-order valence-corrected chi connectivity index (χ4v) is 1.71. The van der Waals surface area contributed by atoms with Crippen molar-refractivity contribution in [3.63, 3.8) is 0 Å². The lowest BCUT2D eigenvalue weighted by atomic mass is 10.8. The Morgan fingerprint density at radius 1 is 0.917 bits per heavy atom. The van der Waals surface area contributed by atoms with Crippen LogP contribution in [0, 0.1) is 0 Å². The molecule has 0 saturated heterocycles. The molecule has 2 N–H and O–H groups in total. The highest BCUT2D eigenvalue weighted by Crippen LogP contribution is 2.07. The summed E-state index contributed by atoms with van der Waals surface area (Å²) in [4.78, 5) is 21.0. The summed E-state index contributed by atoms with van der Waals surface area (Å²) in [6.45, 7) is -0.938. The molecule has 0 aliphatic rings. The van der Waals surface area contributed by atoms with Crippen molar-refractivity contribution >= 4 is 33.8 Å². The van der Waals surface area contributed by atoms with Crippen molar-refractivity contribution < 1.29 is 19.8 Å². The topological polar surface area (TPSA) is 74.6 Å². The first-order valence-electron chi connectivity index (χ1n) is 3.23. The number of rotatable bonds is 5. The summed E-state index contributed by atoms with van der Waals surface area (Å²) in [6, 6.07) is 0. The zero-order valence-corrected chi connectivity index (χ0v) is 7.99. The van der Waals surface area contributed by atoms with Gasteiger partial charge in [-0.1, -0.05) is 23.5 Å². The van der Waals surface area contributed by atoms with E-state index >= 15 is 0 Å². The number of thioether (sulfide) groups is 2. The van der Waals surface area contributed by atoms with Crippen molar-refractivity contribution in [1.29, 1.82) is 0 Å². The Morgan fingerprint density at radius 2 is 1.25 bits per heavy atom. The van der Waals surface area contributed by atoms with Crippen molar-refractivity contribution in [2.75, 3.05) is 24.7 Å². The van der Waals surface area contributed by atoms with Gasteiger partial charge < -0.3 is 10.2 Å². The van der Waals surface area contributed by atoms with Crippen molar-refractivity contribution in [3.8, 4) is 0 Å². The molecule has 0 aliphatic heterocycles. The van der Waals surface area contributed by atoms with E-state index in [1.807, 2.05) is 0 Å². The third-order valence-electron chi connectivity index (χ3n) is 0.868. The molecule has 0 aromatic heterocycles. The second kappa shape index (κ2) is 7.60. The molecule has 0 fully saturated rings. The van der Waals surface area contributed by atoms with Gasteiger partial charge in [-0.05, 0) is 0 Å². The van der Waals surface area contributed by atoms with E-state index in [0.717, 1.165) is 23.5 Å². The molecule has 0 aliphatic carbocycles. The van der Waals surface area contributed by atoms with Gasteiger partial charge in [0.05, 0.1) is 0 Å². The van der Waals surface area contributed by atoms with Crippen LogP contribution in [-0.2, 0) is 9.59 Å². The van der Waals surface area contributed by atoms with Crippen LogP contribution in [0.5, 0.6) is 0 Å². The summed E-state index contributed by atoms with van der Waals surface area (Å²) >= 11 is 1.97. The first-order chi connectivity index (χ1) is 5.70. The van der Waals surface area contributed by atoms with E-state index in [2.05, 4.69) is 0 Å². The van der Waals surface area contributed by atoms with Gasteiger partial charge in [-0.2, -0.15) is 0 Å². The molecule has 0 amide bonds. The highest BCUT2D eigenvalue weighted by atomic mass is 32.2. The van der Waals surface area contributed by atoms with Crippen molar-refractivity contribution in [3.05, 3.63) is 0 Å². The second-order valence-corrected chi connectivity index (χ2v) is 4.06. The second-order valence-electron chi connectivity index (χ2n) is 1.76. The van der Waals surface area contributed by atoms with Crippen LogP contribution < -0.4 is 0 Å². The smallest absolute Gasteiger partial charge is 0.214 e. The van der Waals surface area contributed by atoms with Gasteiger partial charge in [0.25, 0.3) is 0 Å². The molecule has 0 bridgehead atoms. The molecule has 0 aromatic carbocycles. The standard InChI is InChI=1S/C6H10O4S2/c7-3-5(9)11-1-2-12-6(10)4-8/h7-8H,1-4H2. The predicted molar refractivity (Wildman–Crippen MR) is 49.1 cm³/mol. The van der Waals surface area contributed by atoms with Gasteiger partial charge in [0.1, 0.15) is 13.2 Å². The Bertz CT molecular complexity index is 142. The largest absolute Gasteiger partial charge is 0.388 e. The molecular formula is C6H10O4S2. The third kappa shape index (κ3) is 6.66. The van der Waals surface area contributed by atoms with Crippen LogP contribution in [0.25, 0.3) is 0 Å². The minimum Gasteiger partial charge on any atom is -0.388 e. The third-order valence-corrected chi connectivity index (χ3v) is 2.84. The zero-order chi connectivity index (χ0) is 9.40. The molecule has 0 rings (SSSR count). The highest BCUT2D eigenvalue weighted by Gasteiger charge is 2.02. The van der Waals surface area contributed by atoms with Crippen LogP contribution in [0.3, 0.4) is 0 Å². The Kier molecular flexibility index (Phi) is 7.58. The van der Waals surface area contributed by atoms with Gasteiger partial charge in [-0.3, -0.25) is 9.59 Å². The number of aliphatic hydroxyl groups excluding tert-OH is 2. The van der Waals surface area contributed by atoms with E-state index in [4.69, 9.17) is 10.2 Å². The van der Waals surface area contributed by atoms with E-state index in [0.29, 0.717) is 11.5 Å². The minimum absolute atomic E-state index is 0.299. The van der Waals surface area contributed by atoms with Crippen LogP contribution in [-0.4, -0.2) is 45.2 Å². The first kappa shape index (κ1) is 12.0. The van der Waals surface area contributed by atoms with Gasteiger partial charge in [0.15, 0.2) is 0 Å². The van der Waals surface area contributed by atoms with Crippen LogP contribution in [0.1, 0.15) is 0 Å². The fourth-order valence-electron chi connectivity index (χ4n) is 0.402. The van der Waals surface area contributed by atoms with Crippen molar-refractivity contribution in [1.82, 2.24) is 0 Å². The maximum atomic E-state index is 10.5. The lowest BCUT2D eigenvalue weighted by Gasteiger charge is -1.96. The summed E-state index contributed by atoms with van der Waals surface area (Å²) in [5.41, 5.74) is 0. The lowest BCUT2D eigenvalue weighted by molar-refractivity contribution is -0.114. The molecule has 0 unspecified atom stereocenters. The molecular weight excluding hydrogens is 200 g/mol. The van der Waals surface area contributed by atoms with E-state index in [1.165, 1.54) is 0 Å². The Hall–Kier alpha value is -0.0400. The van der Waals surface area contributed by atoms with Crippen molar-refractivity contribution in [2.24, 2.45) is 0 Å². The van der Waals surface area contributed by atoms with Gasteiger partial charge in [0, 0.05) is 11.5 Å². The van der Waals surface area contributed by atoms with Crippen LogP contribution in [0.15, 0.2) is 0 Å². The monoisotopic (exact) mass is 210 g/mol. The average molecular weight is 210 g/mol. The Morgan fingerprint density at radius 3 is 1.50 bits per heavy atom. The molecule has 0 aromatic rings. The van der Waals surface area contributed by atoms with Gasteiger partial charge in [0.2, 0.25) is 10.2 Å².